The van der Waals surface area contributed by atoms with E-state index >= 15 is 0 Å². The van der Waals surface area contributed by atoms with Crippen molar-refractivity contribution in [1.29, 1.82) is 0 Å². The van der Waals surface area contributed by atoms with Gasteiger partial charge in [0.1, 0.15) is 0 Å². The third-order valence-electron chi connectivity index (χ3n) is 2.18. The highest BCUT2D eigenvalue weighted by Crippen LogP contribution is 2.00. The second kappa shape index (κ2) is 6.40. The lowest BCUT2D eigenvalue weighted by Crippen LogP contribution is -2.38. The SMILES string of the molecule is CC(C)N(CCC(=O)N(C)C)CC(=O)O. The molecule has 0 aliphatic carbocycles. The summed E-state index contributed by atoms with van der Waals surface area (Å²) >= 11 is 0. The van der Waals surface area contributed by atoms with Gasteiger partial charge in [-0.25, -0.2) is 0 Å². The molecule has 1 amide bonds. The number of carbonyl (C=O) groups is 2. The molecule has 0 radical (unpaired) electrons. The van der Waals surface area contributed by atoms with Gasteiger partial charge < -0.3 is 10.0 Å². The lowest BCUT2D eigenvalue weighted by atomic mass is 10.2. The zero-order chi connectivity index (χ0) is 12.0. The monoisotopic (exact) mass is 216 g/mol. The van der Waals surface area contributed by atoms with Gasteiger partial charge in [0, 0.05) is 33.1 Å². The van der Waals surface area contributed by atoms with Crippen molar-refractivity contribution in [2.24, 2.45) is 0 Å². The number of rotatable bonds is 6. The van der Waals surface area contributed by atoms with Crippen molar-refractivity contribution >= 4 is 11.9 Å². The highest BCUT2D eigenvalue weighted by atomic mass is 16.4. The number of aliphatic carboxylic acids is 1. The molecule has 5 nitrogen and oxygen atoms in total. The fourth-order valence-corrected chi connectivity index (χ4v) is 1.16. The van der Waals surface area contributed by atoms with Crippen molar-refractivity contribution in [2.45, 2.75) is 26.3 Å². The van der Waals surface area contributed by atoms with Crippen molar-refractivity contribution < 1.29 is 14.7 Å². The number of hydrogen-bond donors (Lipinski definition) is 1. The molecule has 0 aromatic carbocycles. The molecule has 0 rings (SSSR count). The van der Waals surface area contributed by atoms with Crippen LogP contribution in [0.3, 0.4) is 0 Å². The van der Waals surface area contributed by atoms with E-state index in [0.29, 0.717) is 13.0 Å². The van der Waals surface area contributed by atoms with E-state index in [9.17, 15) is 9.59 Å². The lowest BCUT2D eigenvalue weighted by Gasteiger charge is -2.24. The Balaban J connectivity index is 4.07. The molecule has 0 heterocycles. The predicted molar refractivity (Wildman–Crippen MR) is 57.7 cm³/mol. The van der Waals surface area contributed by atoms with Crippen LogP contribution in [-0.4, -0.2) is 60.0 Å². The summed E-state index contributed by atoms with van der Waals surface area (Å²) in [5, 5.41) is 8.67. The van der Waals surface area contributed by atoms with E-state index in [0.717, 1.165) is 0 Å². The van der Waals surface area contributed by atoms with Crippen LogP contribution in [0.15, 0.2) is 0 Å². The fraction of sp³-hybridized carbons (Fsp3) is 0.800. The Morgan fingerprint density at radius 1 is 1.27 bits per heavy atom. The second-order valence-electron chi connectivity index (χ2n) is 4.00. The molecule has 0 spiro atoms. The largest absolute Gasteiger partial charge is 0.480 e. The van der Waals surface area contributed by atoms with Crippen molar-refractivity contribution in [3.8, 4) is 0 Å². The minimum Gasteiger partial charge on any atom is -0.480 e. The summed E-state index contributed by atoms with van der Waals surface area (Å²) in [5.74, 6) is -0.841. The maximum Gasteiger partial charge on any atom is 0.317 e. The van der Waals surface area contributed by atoms with Gasteiger partial charge in [0.25, 0.3) is 0 Å². The molecular weight excluding hydrogens is 196 g/mol. The average molecular weight is 216 g/mol. The first-order chi connectivity index (χ1) is 6.84. The van der Waals surface area contributed by atoms with Gasteiger partial charge in [-0.15, -0.1) is 0 Å². The van der Waals surface area contributed by atoms with Gasteiger partial charge in [-0.1, -0.05) is 0 Å². The minimum absolute atomic E-state index is 0.0155. The molecule has 0 aliphatic rings. The number of carboxylic acid groups (broad SMARTS) is 1. The van der Waals surface area contributed by atoms with E-state index < -0.39 is 5.97 Å². The van der Waals surface area contributed by atoms with Gasteiger partial charge in [0.05, 0.1) is 6.54 Å². The molecule has 0 aliphatic heterocycles. The smallest absolute Gasteiger partial charge is 0.317 e. The molecule has 15 heavy (non-hydrogen) atoms. The Morgan fingerprint density at radius 3 is 2.13 bits per heavy atom. The summed E-state index contributed by atoms with van der Waals surface area (Å²) in [6.07, 6.45) is 0.360. The van der Waals surface area contributed by atoms with Crippen LogP contribution < -0.4 is 0 Å². The summed E-state index contributed by atoms with van der Waals surface area (Å²) < 4.78 is 0. The number of hydrogen-bond acceptors (Lipinski definition) is 3. The third kappa shape index (κ3) is 6.06. The van der Waals surface area contributed by atoms with Crippen molar-refractivity contribution in [3.05, 3.63) is 0 Å². The fourth-order valence-electron chi connectivity index (χ4n) is 1.16. The summed E-state index contributed by atoms with van der Waals surface area (Å²) in [4.78, 5) is 25.1. The molecule has 0 atom stereocenters. The Morgan fingerprint density at radius 2 is 1.80 bits per heavy atom. The van der Waals surface area contributed by atoms with Crippen LogP contribution in [0, 0.1) is 0 Å². The van der Waals surface area contributed by atoms with Gasteiger partial charge >= 0.3 is 5.97 Å². The van der Waals surface area contributed by atoms with E-state index in [1.165, 1.54) is 4.90 Å². The van der Waals surface area contributed by atoms with Crippen LogP contribution >= 0.6 is 0 Å². The maximum atomic E-state index is 11.3. The molecule has 0 fully saturated rings. The molecule has 0 aromatic heterocycles. The van der Waals surface area contributed by atoms with E-state index in [4.69, 9.17) is 5.11 Å². The highest BCUT2D eigenvalue weighted by molar-refractivity contribution is 5.75. The van der Waals surface area contributed by atoms with Gasteiger partial charge in [0.2, 0.25) is 5.91 Å². The summed E-state index contributed by atoms with van der Waals surface area (Å²) in [6.45, 7) is 4.31. The van der Waals surface area contributed by atoms with Crippen LogP contribution in [-0.2, 0) is 9.59 Å². The Hall–Kier alpha value is -1.10. The van der Waals surface area contributed by atoms with Crippen LogP contribution in [0.2, 0.25) is 0 Å². The van der Waals surface area contributed by atoms with E-state index in [1.807, 2.05) is 13.8 Å². The van der Waals surface area contributed by atoms with E-state index in [-0.39, 0.29) is 18.5 Å². The van der Waals surface area contributed by atoms with Crippen molar-refractivity contribution in [2.75, 3.05) is 27.2 Å². The molecule has 0 bridgehead atoms. The summed E-state index contributed by atoms with van der Waals surface area (Å²) in [7, 11) is 3.39. The zero-order valence-corrected chi connectivity index (χ0v) is 9.86. The van der Waals surface area contributed by atoms with Crippen molar-refractivity contribution in [3.63, 3.8) is 0 Å². The third-order valence-corrected chi connectivity index (χ3v) is 2.18. The number of carboxylic acids is 1. The van der Waals surface area contributed by atoms with Crippen LogP contribution in [0.5, 0.6) is 0 Å². The molecule has 1 N–H and O–H groups in total. The van der Waals surface area contributed by atoms with E-state index in [2.05, 4.69) is 0 Å². The molecule has 0 aromatic rings. The van der Waals surface area contributed by atoms with Gasteiger partial charge in [0.15, 0.2) is 0 Å². The standard InChI is InChI=1S/C10H20N2O3/c1-8(2)12(7-10(14)15)6-5-9(13)11(3)4/h8H,5-7H2,1-4H3,(H,14,15). The Bertz CT molecular complexity index is 227. The summed E-state index contributed by atoms with van der Waals surface area (Å²) in [6, 6.07) is 0.135. The quantitative estimate of drug-likeness (QED) is 0.692. The molecule has 5 heteroatoms. The first-order valence-corrected chi connectivity index (χ1v) is 5.00. The number of amides is 1. The Kier molecular flexibility index (Phi) is 5.93. The van der Waals surface area contributed by atoms with Crippen LogP contribution in [0.4, 0.5) is 0 Å². The topological polar surface area (TPSA) is 60.9 Å². The highest BCUT2D eigenvalue weighted by Gasteiger charge is 2.15. The molecule has 88 valence electrons. The second-order valence-corrected chi connectivity index (χ2v) is 4.00. The number of carbonyl (C=O) groups excluding carboxylic acids is 1. The summed E-state index contributed by atoms with van der Waals surface area (Å²) in [5.41, 5.74) is 0. The predicted octanol–water partition coefficient (Wildman–Crippen LogP) is 0.260. The molecular formula is C10H20N2O3. The minimum atomic E-state index is -0.860. The van der Waals surface area contributed by atoms with Gasteiger partial charge in [-0.2, -0.15) is 0 Å². The average Bonchev–Trinajstić information content (AvgIpc) is 2.10. The Labute approximate surface area is 90.7 Å². The lowest BCUT2D eigenvalue weighted by molar-refractivity contribution is -0.139. The van der Waals surface area contributed by atoms with Gasteiger partial charge in [-0.05, 0) is 13.8 Å². The number of nitrogens with zero attached hydrogens (tertiary/aromatic N) is 2. The molecule has 0 saturated heterocycles. The van der Waals surface area contributed by atoms with Gasteiger partial charge in [-0.3, -0.25) is 14.5 Å². The zero-order valence-electron chi connectivity index (χ0n) is 9.86. The molecule has 0 saturated carbocycles. The van der Waals surface area contributed by atoms with E-state index in [1.54, 1.807) is 19.0 Å². The normalized spacial score (nSPS) is 10.8. The first-order valence-electron chi connectivity index (χ1n) is 5.00. The molecule has 0 unspecified atom stereocenters. The van der Waals surface area contributed by atoms with Crippen LogP contribution in [0.25, 0.3) is 0 Å². The van der Waals surface area contributed by atoms with Crippen molar-refractivity contribution in [1.82, 2.24) is 9.80 Å². The first kappa shape index (κ1) is 13.9. The maximum absolute atomic E-state index is 11.3. The van der Waals surface area contributed by atoms with Crippen LogP contribution in [0.1, 0.15) is 20.3 Å².